The minimum atomic E-state index is -4.30. The molecule has 15 heavy (non-hydrogen) atoms. The van der Waals surface area contributed by atoms with Crippen LogP contribution < -0.4 is 5.32 Å². The molecule has 0 bridgehead atoms. The summed E-state index contributed by atoms with van der Waals surface area (Å²) in [4.78, 5) is 12.6. The third-order valence-electron chi connectivity index (χ3n) is 3.13. The molecular formula is C9H13F3N2O. The molecule has 0 aromatic rings. The Balaban J connectivity index is 2.04. The molecular weight excluding hydrogens is 209 g/mol. The molecule has 0 unspecified atom stereocenters. The highest BCUT2D eigenvalue weighted by Crippen LogP contribution is 2.35. The first kappa shape index (κ1) is 10.7. The number of hydrogen-bond donors (Lipinski definition) is 1. The summed E-state index contributed by atoms with van der Waals surface area (Å²) in [6.45, 7) is -1.11. The van der Waals surface area contributed by atoms with E-state index in [1.54, 1.807) is 0 Å². The smallest absolute Gasteiger partial charge is 0.319 e. The molecule has 1 aliphatic heterocycles. The van der Waals surface area contributed by atoms with Gasteiger partial charge < -0.3 is 4.90 Å². The predicted molar refractivity (Wildman–Crippen MR) is 47.0 cm³/mol. The Morgan fingerprint density at radius 3 is 2.47 bits per heavy atom. The highest BCUT2D eigenvalue weighted by molar-refractivity contribution is 5.88. The second-order valence-electron chi connectivity index (χ2n) is 4.24. The van der Waals surface area contributed by atoms with Crippen LogP contribution in [0, 0.1) is 0 Å². The monoisotopic (exact) mass is 222 g/mol. The van der Waals surface area contributed by atoms with Gasteiger partial charge in [0.1, 0.15) is 6.54 Å². The first-order valence-electron chi connectivity index (χ1n) is 5.04. The Bertz CT molecular complexity index is 271. The van der Waals surface area contributed by atoms with Gasteiger partial charge in [-0.05, 0) is 12.8 Å². The summed E-state index contributed by atoms with van der Waals surface area (Å²) < 4.78 is 36.4. The van der Waals surface area contributed by atoms with E-state index in [2.05, 4.69) is 5.32 Å². The molecule has 0 radical (unpaired) electrons. The predicted octanol–water partition coefficient (Wildman–Crippen LogP) is 1.25. The van der Waals surface area contributed by atoms with Gasteiger partial charge in [0.25, 0.3) is 0 Å². The van der Waals surface area contributed by atoms with Gasteiger partial charge in [0.15, 0.2) is 0 Å². The minimum absolute atomic E-state index is 0.0261. The van der Waals surface area contributed by atoms with E-state index in [0.717, 1.165) is 17.7 Å². The van der Waals surface area contributed by atoms with Gasteiger partial charge in [-0.2, -0.15) is 13.2 Å². The Labute approximate surface area is 85.6 Å². The zero-order valence-electron chi connectivity index (χ0n) is 8.23. The average Bonchev–Trinajstić information content (AvgIpc) is 2.68. The molecule has 0 atom stereocenters. The van der Waals surface area contributed by atoms with Crippen LogP contribution in [0.2, 0.25) is 0 Å². The quantitative estimate of drug-likeness (QED) is 0.724. The van der Waals surface area contributed by atoms with Crippen LogP contribution in [0.25, 0.3) is 0 Å². The molecule has 2 fully saturated rings. The van der Waals surface area contributed by atoms with Crippen molar-refractivity contribution in [2.75, 3.05) is 13.2 Å². The second-order valence-corrected chi connectivity index (χ2v) is 4.24. The number of nitrogens with zero attached hydrogens (tertiary/aromatic N) is 1. The molecule has 86 valence electrons. The Morgan fingerprint density at radius 1 is 1.33 bits per heavy atom. The molecule has 1 saturated carbocycles. The maximum absolute atomic E-state index is 12.1. The van der Waals surface area contributed by atoms with Crippen LogP contribution in [0.3, 0.4) is 0 Å². The Hall–Kier alpha value is -0.780. The highest BCUT2D eigenvalue weighted by atomic mass is 19.4. The van der Waals surface area contributed by atoms with Crippen molar-refractivity contribution >= 4 is 5.91 Å². The molecule has 1 spiro atoms. The molecule has 1 amide bonds. The van der Waals surface area contributed by atoms with Crippen molar-refractivity contribution in [2.24, 2.45) is 0 Å². The Kier molecular flexibility index (Phi) is 2.41. The van der Waals surface area contributed by atoms with Crippen molar-refractivity contribution in [1.82, 2.24) is 10.2 Å². The summed E-state index contributed by atoms with van der Waals surface area (Å²) >= 11 is 0. The topological polar surface area (TPSA) is 32.3 Å². The number of hydrogen-bond acceptors (Lipinski definition) is 2. The molecule has 1 N–H and O–H groups in total. The molecule has 3 nitrogen and oxygen atoms in total. The number of carbonyl (C=O) groups is 1. The molecule has 0 aromatic heterocycles. The molecule has 1 heterocycles. The van der Waals surface area contributed by atoms with Gasteiger partial charge in [-0.25, -0.2) is 0 Å². The SMILES string of the molecule is O=C1N(CC(F)(F)F)CNC12CCCC2. The van der Waals surface area contributed by atoms with Crippen LogP contribution in [0.15, 0.2) is 0 Å². The normalized spacial score (nSPS) is 25.5. The van der Waals surface area contributed by atoms with Gasteiger partial charge >= 0.3 is 6.18 Å². The summed E-state index contributed by atoms with van der Waals surface area (Å²) in [5, 5.41) is 2.93. The van der Waals surface area contributed by atoms with Gasteiger partial charge in [0, 0.05) is 0 Å². The number of amides is 1. The van der Waals surface area contributed by atoms with E-state index in [1.807, 2.05) is 0 Å². The van der Waals surface area contributed by atoms with Crippen LogP contribution in [0.4, 0.5) is 13.2 Å². The van der Waals surface area contributed by atoms with E-state index < -0.39 is 18.3 Å². The van der Waals surface area contributed by atoms with E-state index in [9.17, 15) is 18.0 Å². The van der Waals surface area contributed by atoms with Crippen LogP contribution >= 0.6 is 0 Å². The van der Waals surface area contributed by atoms with Crippen molar-refractivity contribution in [3.63, 3.8) is 0 Å². The molecule has 6 heteroatoms. The third-order valence-corrected chi connectivity index (χ3v) is 3.13. The lowest BCUT2D eigenvalue weighted by atomic mass is 9.98. The third kappa shape index (κ3) is 1.95. The minimum Gasteiger partial charge on any atom is -0.319 e. The molecule has 1 saturated heterocycles. The van der Waals surface area contributed by atoms with Gasteiger partial charge in [-0.1, -0.05) is 12.8 Å². The maximum atomic E-state index is 12.1. The van der Waals surface area contributed by atoms with Gasteiger partial charge in [0.2, 0.25) is 5.91 Å². The van der Waals surface area contributed by atoms with E-state index >= 15 is 0 Å². The zero-order chi connectivity index (χ0) is 11.1. The molecule has 0 aromatic carbocycles. The molecule has 1 aliphatic carbocycles. The van der Waals surface area contributed by atoms with Crippen molar-refractivity contribution in [3.05, 3.63) is 0 Å². The number of carbonyl (C=O) groups excluding carboxylic acids is 1. The zero-order valence-corrected chi connectivity index (χ0v) is 8.23. The number of nitrogens with one attached hydrogen (secondary N) is 1. The first-order valence-corrected chi connectivity index (χ1v) is 5.04. The first-order chi connectivity index (χ1) is 6.93. The summed E-state index contributed by atoms with van der Waals surface area (Å²) in [7, 11) is 0. The number of halogens is 3. The summed E-state index contributed by atoms with van der Waals surface area (Å²) in [6, 6.07) is 0. The van der Waals surface area contributed by atoms with Gasteiger partial charge in [0.05, 0.1) is 12.2 Å². The lowest BCUT2D eigenvalue weighted by molar-refractivity contribution is -0.159. The number of alkyl halides is 3. The van der Waals surface area contributed by atoms with Crippen molar-refractivity contribution in [3.8, 4) is 0 Å². The fraction of sp³-hybridized carbons (Fsp3) is 0.889. The van der Waals surface area contributed by atoms with E-state index in [4.69, 9.17) is 0 Å². The van der Waals surface area contributed by atoms with Crippen LogP contribution in [-0.4, -0.2) is 35.7 Å². The van der Waals surface area contributed by atoms with Gasteiger partial charge in [-0.15, -0.1) is 0 Å². The fourth-order valence-corrected chi connectivity index (χ4v) is 2.41. The molecule has 2 aliphatic rings. The van der Waals surface area contributed by atoms with Crippen molar-refractivity contribution in [2.45, 2.75) is 37.4 Å². The van der Waals surface area contributed by atoms with Crippen molar-refractivity contribution in [1.29, 1.82) is 0 Å². The fourth-order valence-electron chi connectivity index (χ4n) is 2.41. The number of rotatable bonds is 1. The van der Waals surface area contributed by atoms with E-state index in [0.29, 0.717) is 12.8 Å². The van der Waals surface area contributed by atoms with E-state index in [1.165, 1.54) is 0 Å². The maximum Gasteiger partial charge on any atom is 0.406 e. The summed E-state index contributed by atoms with van der Waals surface area (Å²) in [6.07, 6.45) is -1.14. The van der Waals surface area contributed by atoms with Crippen LogP contribution in [0.1, 0.15) is 25.7 Å². The highest BCUT2D eigenvalue weighted by Gasteiger charge is 2.50. The summed E-state index contributed by atoms with van der Waals surface area (Å²) in [5.41, 5.74) is -0.675. The van der Waals surface area contributed by atoms with Crippen LogP contribution in [0.5, 0.6) is 0 Å². The van der Waals surface area contributed by atoms with Crippen molar-refractivity contribution < 1.29 is 18.0 Å². The second kappa shape index (κ2) is 3.37. The Morgan fingerprint density at radius 2 is 1.93 bits per heavy atom. The van der Waals surface area contributed by atoms with Gasteiger partial charge in [-0.3, -0.25) is 10.1 Å². The van der Waals surface area contributed by atoms with Crippen LogP contribution in [-0.2, 0) is 4.79 Å². The lowest BCUT2D eigenvalue weighted by Crippen LogP contribution is -2.45. The lowest BCUT2D eigenvalue weighted by Gasteiger charge is -2.22. The standard InChI is InChI=1S/C9H13F3N2O/c10-9(11,12)5-14-6-13-8(7(14)15)3-1-2-4-8/h13H,1-6H2. The average molecular weight is 222 g/mol. The summed E-state index contributed by atoms with van der Waals surface area (Å²) in [5.74, 6) is -0.377. The molecule has 2 rings (SSSR count). The van der Waals surface area contributed by atoms with E-state index in [-0.39, 0.29) is 12.6 Å². The largest absolute Gasteiger partial charge is 0.406 e.